The Balaban J connectivity index is 1.51. The number of hydrogen-bond donors (Lipinski definition) is 0. The fraction of sp³-hybridized carbons (Fsp3) is 0.200. The summed E-state index contributed by atoms with van der Waals surface area (Å²) in [6, 6.07) is 39.5. The Kier molecular flexibility index (Phi) is 8.60. The zero-order chi connectivity index (χ0) is 23.5. The van der Waals surface area contributed by atoms with Gasteiger partial charge in [0.05, 0.1) is 13.2 Å². The van der Waals surface area contributed by atoms with E-state index in [9.17, 15) is 4.57 Å². The molecule has 0 aliphatic carbocycles. The molecule has 0 radical (unpaired) electrons. The number of benzene rings is 4. The van der Waals surface area contributed by atoms with Gasteiger partial charge in [-0.25, -0.2) is 0 Å². The van der Waals surface area contributed by atoms with E-state index in [0.717, 1.165) is 34.9 Å². The first kappa shape index (κ1) is 23.9. The summed E-state index contributed by atoms with van der Waals surface area (Å²) in [5.41, 5.74) is 0. The number of para-hydroxylation sites is 2. The molecule has 3 nitrogen and oxygen atoms in total. The molecule has 0 N–H and O–H groups in total. The van der Waals surface area contributed by atoms with E-state index in [-0.39, 0.29) is 5.92 Å². The van der Waals surface area contributed by atoms with E-state index in [1.807, 2.05) is 121 Å². The predicted octanol–water partition coefficient (Wildman–Crippen LogP) is 6.55. The van der Waals surface area contributed by atoms with Crippen LogP contribution in [-0.2, 0) is 4.57 Å². The topological polar surface area (TPSA) is 35.5 Å². The number of rotatable bonds is 12. The van der Waals surface area contributed by atoms with Gasteiger partial charge in [-0.1, -0.05) is 97.1 Å². The molecule has 0 aromatic heterocycles. The van der Waals surface area contributed by atoms with Crippen molar-refractivity contribution in [1.82, 2.24) is 0 Å². The lowest BCUT2D eigenvalue weighted by Gasteiger charge is -2.25. The average molecular weight is 471 g/mol. The van der Waals surface area contributed by atoms with E-state index in [1.165, 1.54) is 0 Å². The van der Waals surface area contributed by atoms with E-state index >= 15 is 0 Å². The van der Waals surface area contributed by atoms with Crippen LogP contribution in [-0.4, -0.2) is 19.4 Å². The summed E-state index contributed by atoms with van der Waals surface area (Å²) in [5.74, 6) is 1.83. The molecule has 1 atom stereocenters. The molecule has 0 heterocycles. The smallest absolute Gasteiger partial charge is 0.143 e. The molecule has 0 saturated heterocycles. The predicted molar refractivity (Wildman–Crippen MR) is 141 cm³/mol. The summed E-state index contributed by atoms with van der Waals surface area (Å²) < 4.78 is 26.7. The maximum atomic E-state index is 14.6. The van der Waals surface area contributed by atoms with Gasteiger partial charge >= 0.3 is 0 Å². The maximum Gasteiger partial charge on any atom is 0.143 e. The second-order valence-electron chi connectivity index (χ2n) is 8.39. The second-order valence-corrected chi connectivity index (χ2v) is 11.3. The van der Waals surface area contributed by atoms with E-state index in [4.69, 9.17) is 9.47 Å². The molecule has 0 spiro atoms. The largest absolute Gasteiger partial charge is 0.494 e. The van der Waals surface area contributed by atoms with E-state index < -0.39 is 7.14 Å². The normalized spacial score (nSPS) is 12.1. The third kappa shape index (κ3) is 6.62. The molecule has 0 aliphatic rings. The van der Waals surface area contributed by atoms with Gasteiger partial charge in [0.1, 0.15) is 18.6 Å². The molecule has 34 heavy (non-hydrogen) atoms. The van der Waals surface area contributed by atoms with Crippen molar-refractivity contribution >= 4 is 17.8 Å². The van der Waals surface area contributed by atoms with E-state index in [0.29, 0.717) is 19.4 Å². The first-order chi connectivity index (χ1) is 16.7. The molecule has 0 aliphatic heterocycles. The van der Waals surface area contributed by atoms with Gasteiger partial charge < -0.3 is 14.0 Å². The highest BCUT2D eigenvalue weighted by atomic mass is 31.2. The molecule has 4 aromatic carbocycles. The van der Waals surface area contributed by atoms with Gasteiger partial charge in [-0.3, -0.25) is 0 Å². The zero-order valence-corrected chi connectivity index (χ0v) is 20.2. The van der Waals surface area contributed by atoms with Crippen LogP contribution in [0.3, 0.4) is 0 Å². The molecule has 0 amide bonds. The minimum Gasteiger partial charge on any atom is -0.494 e. The fourth-order valence-corrected chi connectivity index (χ4v) is 7.14. The maximum absolute atomic E-state index is 14.6. The second kappa shape index (κ2) is 12.3. The van der Waals surface area contributed by atoms with Crippen LogP contribution in [0.15, 0.2) is 121 Å². The van der Waals surface area contributed by atoms with Crippen molar-refractivity contribution in [3.8, 4) is 11.5 Å². The van der Waals surface area contributed by atoms with E-state index in [1.54, 1.807) is 0 Å². The molecule has 4 rings (SSSR count). The Morgan fingerprint density at radius 1 is 0.588 bits per heavy atom. The Hall–Kier alpha value is -3.29. The molecule has 4 aromatic rings. The van der Waals surface area contributed by atoms with Gasteiger partial charge in [-0.05, 0) is 37.1 Å². The summed E-state index contributed by atoms with van der Waals surface area (Å²) in [6.07, 6.45) is 2.28. The van der Waals surface area contributed by atoms with Crippen LogP contribution in [0.2, 0.25) is 0 Å². The van der Waals surface area contributed by atoms with Gasteiger partial charge in [0, 0.05) is 22.7 Å². The molecule has 1 unspecified atom stereocenters. The summed E-state index contributed by atoms with van der Waals surface area (Å²) >= 11 is 0. The van der Waals surface area contributed by atoms with Gasteiger partial charge in [0.2, 0.25) is 0 Å². The van der Waals surface area contributed by atoms with Crippen molar-refractivity contribution in [2.24, 2.45) is 5.92 Å². The molecule has 0 bridgehead atoms. The molecule has 174 valence electrons. The van der Waals surface area contributed by atoms with Crippen molar-refractivity contribution in [3.63, 3.8) is 0 Å². The molecule has 4 heteroatoms. The van der Waals surface area contributed by atoms with Gasteiger partial charge in [-0.15, -0.1) is 0 Å². The van der Waals surface area contributed by atoms with Crippen LogP contribution in [0, 0.1) is 5.92 Å². The van der Waals surface area contributed by atoms with E-state index in [2.05, 4.69) is 0 Å². The highest BCUT2D eigenvalue weighted by molar-refractivity contribution is 7.78. The van der Waals surface area contributed by atoms with Gasteiger partial charge in [-0.2, -0.15) is 0 Å². The lowest BCUT2D eigenvalue weighted by molar-refractivity contribution is 0.235. The Labute approximate surface area is 202 Å². The van der Waals surface area contributed by atoms with Crippen molar-refractivity contribution in [3.05, 3.63) is 121 Å². The van der Waals surface area contributed by atoms with Crippen molar-refractivity contribution in [2.45, 2.75) is 12.8 Å². The van der Waals surface area contributed by atoms with Crippen LogP contribution in [0.25, 0.3) is 0 Å². The van der Waals surface area contributed by atoms with Crippen LogP contribution in [0.4, 0.5) is 0 Å². The minimum absolute atomic E-state index is 0.117. The monoisotopic (exact) mass is 470 g/mol. The SMILES string of the molecule is O=P(CC(CCCOc1ccccc1)COc1ccccc1)(c1ccccc1)c1ccccc1. The lowest BCUT2D eigenvalue weighted by Crippen LogP contribution is -2.26. The Bertz CT molecular complexity index is 1110. The quantitative estimate of drug-likeness (QED) is 0.174. The van der Waals surface area contributed by atoms with Crippen molar-refractivity contribution < 1.29 is 14.0 Å². The summed E-state index contributed by atoms with van der Waals surface area (Å²) in [7, 11) is -2.83. The highest BCUT2D eigenvalue weighted by Crippen LogP contribution is 2.46. The third-order valence-electron chi connectivity index (χ3n) is 5.86. The molecule has 0 fully saturated rings. The zero-order valence-electron chi connectivity index (χ0n) is 19.3. The fourth-order valence-electron chi connectivity index (χ4n) is 4.10. The summed E-state index contributed by atoms with van der Waals surface area (Å²) in [6.45, 7) is 1.13. The minimum atomic E-state index is -2.83. The Morgan fingerprint density at radius 3 is 1.53 bits per heavy atom. The number of hydrogen-bond acceptors (Lipinski definition) is 3. The van der Waals surface area contributed by atoms with Crippen LogP contribution < -0.4 is 20.1 Å². The first-order valence-corrected chi connectivity index (χ1v) is 13.7. The Morgan fingerprint density at radius 2 is 1.03 bits per heavy atom. The molecule has 0 saturated carbocycles. The van der Waals surface area contributed by atoms with Crippen molar-refractivity contribution in [1.29, 1.82) is 0 Å². The summed E-state index contributed by atoms with van der Waals surface area (Å²) in [4.78, 5) is 0. The van der Waals surface area contributed by atoms with Crippen LogP contribution in [0.1, 0.15) is 12.8 Å². The summed E-state index contributed by atoms with van der Waals surface area (Å²) in [5, 5.41) is 1.79. The van der Waals surface area contributed by atoms with Gasteiger partial charge in [0.25, 0.3) is 0 Å². The first-order valence-electron chi connectivity index (χ1n) is 11.8. The average Bonchev–Trinajstić information content (AvgIpc) is 2.91. The lowest BCUT2D eigenvalue weighted by atomic mass is 10.1. The standard InChI is InChI=1S/C30H31O3P/c31-34(29-19-9-3-10-20-29,30-21-11-4-12-22-30)25-26(24-33-28-17-7-2-8-18-28)14-13-23-32-27-15-5-1-6-16-27/h1-12,15-22,26H,13-14,23-25H2. The molecular formula is C30H31O3P. The van der Waals surface area contributed by atoms with Gasteiger partial charge in [0.15, 0.2) is 0 Å². The third-order valence-corrected chi connectivity index (χ3v) is 9.15. The van der Waals surface area contributed by atoms with Crippen LogP contribution >= 0.6 is 7.14 Å². The highest BCUT2D eigenvalue weighted by Gasteiger charge is 2.31. The number of ether oxygens (including phenoxy) is 2. The van der Waals surface area contributed by atoms with Crippen LogP contribution in [0.5, 0.6) is 11.5 Å². The van der Waals surface area contributed by atoms with Crippen molar-refractivity contribution in [2.75, 3.05) is 19.4 Å². The molecular weight excluding hydrogens is 439 g/mol.